The third-order valence-electron chi connectivity index (χ3n) is 4.78. The lowest BCUT2D eigenvalue weighted by Gasteiger charge is -2.30. The smallest absolute Gasteiger partial charge is 0.241 e. The molecule has 1 rings (SSSR count). The van der Waals surface area contributed by atoms with Crippen LogP contribution >= 0.6 is 0 Å². The molecule has 0 aromatic rings. The molecule has 0 radical (unpaired) electrons. The Hall–Kier alpha value is -0.570. The highest BCUT2D eigenvalue weighted by molar-refractivity contribution is 5.84. The van der Waals surface area contributed by atoms with Crippen LogP contribution in [0.3, 0.4) is 0 Å². The average molecular weight is 282 g/mol. The maximum atomic E-state index is 12.7. The van der Waals surface area contributed by atoms with E-state index in [2.05, 4.69) is 44.8 Å². The van der Waals surface area contributed by atoms with Crippen LogP contribution in [0.4, 0.5) is 0 Å². The van der Waals surface area contributed by atoms with Crippen LogP contribution in [0.2, 0.25) is 0 Å². The van der Waals surface area contributed by atoms with E-state index < -0.39 is 0 Å². The summed E-state index contributed by atoms with van der Waals surface area (Å²) >= 11 is 0. The van der Waals surface area contributed by atoms with Gasteiger partial charge < -0.3 is 4.90 Å². The summed E-state index contributed by atoms with van der Waals surface area (Å²) in [5.41, 5.74) is 0. The summed E-state index contributed by atoms with van der Waals surface area (Å²) in [6, 6.07) is 0.397. The van der Waals surface area contributed by atoms with Gasteiger partial charge in [0.05, 0.1) is 12.2 Å². The van der Waals surface area contributed by atoms with Gasteiger partial charge in [-0.3, -0.25) is 10.1 Å². The SMILES string of the molecule is CCCCCCC(C)N1C(=O)C(C(C)CC)NC1CC. The predicted molar refractivity (Wildman–Crippen MR) is 85.5 cm³/mol. The molecule has 1 aliphatic rings. The van der Waals surface area contributed by atoms with Crippen LogP contribution in [0.5, 0.6) is 0 Å². The lowest BCUT2D eigenvalue weighted by molar-refractivity contribution is -0.133. The minimum atomic E-state index is 0.0306. The fourth-order valence-corrected chi connectivity index (χ4v) is 3.16. The Balaban J connectivity index is 2.59. The Kier molecular flexibility index (Phi) is 7.57. The largest absolute Gasteiger partial charge is 0.323 e. The number of amides is 1. The molecular weight excluding hydrogens is 248 g/mol. The van der Waals surface area contributed by atoms with E-state index in [1.807, 2.05) is 0 Å². The number of nitrogens with zero attached hydrogens (tertiary/aromatic N) is 1. The molecule has 1 N–H and O–H groups in total. The van der Waals surface area contributed by atoms with Crippen molar-refractivity contribution in [1.82, 2.24) is 10.2 Å². The van der Waals surface area contributed by atoms with E-state index >= 15 is 0 Å². The zero-order chi connectivity index (χ0) is 15.1. The van der Waals surface area contributed by atoms with E-state index in [0.29, 0.717) is 17.9 Å². The Morgan fingerprint density at radius 1 is 1.15 bits per heavy atom. The number of unbranched alkanes of at least 4 members (excludes halogenated alkanes) is 3. The number of carbonyl (C=O) groups excluding carboxylic acids is 1. The normalized spacial score (nSPS) is 26.1. The molecule has 0 aliphatic carbocycles. The third kappa shape index (κ3) is 4.21. The van der Waals surface area contributed by atoms with Crippen molar-refractivity contribution in [2.24, 2.45) is 5.92 Å². The van der Waals surface area contributed by atoms with E-state index in [4.69, 9.17) is 0 Å². The zero-order valence-electron chi connectivity index (χ0n) is 14.1. The molecule has 118 valence electrons. The van der Waals surface area contributed by atoms with Crippen molar-refractivity contribution < 1.29 is 4.79 Å². The molecule has 0 spiro atoms. The molecule has 1 amide bonds. The van der Waals surface area contributed by atoms with Gasteiger partial charge in [-0.25, -0.2) is 0 Å². The van der Waals surface area contributed by atoms with Crippen molar-refractivity contribution >= 4 is 5.91 Å². The molecule has 20 heavy (non-hydrogen) atoms. The molecule has 4 unspecified atom stereocenters. The Morgan fingerprint density at radius 3 is 2.40 bits per heavy atom. The van der Waals surface area contributed by atoms with E-state index in [1.54, 1.807) is 0 Å². The number of carbonyl (C=O) groups is 1. The summed E-state index contributed by atoms with van der Waals surface area (Å²) in [4.78, 5) is 14.8. The average Bonchev–Trinajstić information content (AvgIpc) is 2.79. The van der Waals surface area contributed by atoms with Gasteiger partial charge in [-0.1, -0.05) is 59.8 Å². The van der Waals surface area contributed by atoms with Crippen molar-refractivity contribution in [3.05, 3.63) is 0 Å². The summed E-state index contributed by atoms with van der Waals surface area (Å²) in [5, 5.41) is 3.55. The highest BCUT2D eigenvalue weighted by Crippen LogP contribution is 2.25. The first-order chi connectivity index (χ1) is 9.56. The summed E-state index contributed by atoms with van der Waals surface area (Å²) in [5.74, 6) is 0.753. The molecule has 1 fully saturated rings. The molecule has 0 saturated carbocycles. The summed E-state index contributed by atoms with van der Waals surface area (Å²) < 4.78 is 0. The Labute approximate surface area is 125 Å². The number of hydrogen-bond donors (Lipinski definition) is 1. The highest BCUT2D eigenvalue weighted by Gasteiger charge is 2.41. The molecule has 3 nitrogen and oxygen atoms in total. The molecule has 1 saturated heterocycles. The van der Waals surface area contributed by atoms with Gasteiger partial charge in [0.2, 0.25) is 5.91 Å². The van der Waals surface area contributed by atoms with E-state index in [9.17, 15) is 4.79 Å². The Bertz CT molecular complexity index is 293. The van der Waals surface area contributed by atoms with Crippen LogP contribution < -0.4 is 5.32 Å². The summed E-state index contributed by atoms with van der Waals surface area (Å²) in [6.45, 7) is 11.0. The lowest BCUT2D eigenvalue weighted by Crippen LogP contribution is -2.43. The van der Waals surface area contributed by atoms with Crippen LogP contribution in [0.25, 0.3) is 0 Å². The van der Waals surface area contributed by atoms with Crippen LogP contribution in [0.1, 0.15) is 79.6 Å². The monoisotopic (exact) mass is 282 g/mol. The second kappa shape index (κ2) is 8.66. The third-order valence-corrected chi connectivity index (χ3v) is 4.78. The fraction of sp³-hybridized carbons (Fsp3) is 0.941. The van der Waals surface area contributed by atoms with Gasteiger partial charge in [0.1, 0.15) is 0 Å². The van der Waals surface area contributed by atoms with Crippen LogP contribution in [0, 0.1) is 5.92 Å². The minimum absolute atomic E-state index is 0.0306. The van der Waals surface area contributed by atoms with E-state index in [-0.39, 0.29) is 12.2 Å². The summed E-state index contributed by atoms with van der Waals surface area (Å²) in [6.07, 6.45) is 8.54. The van der Waals surface area contributed by atoms with Gasteiger partial charge >= 0.3 is 0 Å². The van der Waals surface area contributed by atoms with Crippen LogP contribution in [0.15, 0.2) is 0 Å². The second-order valence-corrected chi connectivity index (χ2v) is 6.40. The van der Waals surface area contributed by atoms with E-state index in [1.165, 1.54) is 25.7 Å². The van der Waals surface area contributed by atoms with Gasteiger partial charge in [0.25, 0.3) is 0 Å². The van der Waals surface area contributed by atoms with Crippen molar-refractivity contribution in [2.45, 2.75) is 97.8 Å². The number of rotatable bonds is 9. The molecule has 0 aromatic heterocycles. The van der Waals surface area contributed by atoms with Gasteiger partial charge in [-0.2, -0.15) is 0 Å². The number of nitrogens with one attached hydrogen (secondary N) is 1. The van der Waals surface area contributed by atoms with Gasteiger partial charge in [0.15, 0.2) is 0 Å². The molecule has 0 aromatic carbocycles. The lowest BCUT2D eigenvalue weighted by atomic mass is 9.99. The first-order valence-corrected chi connectivity index (χ1v) is 8.64. The maximum absolute atomic E-state index is 12.7. The standard InChI is InChI=1S/C17H34N2O/c1-6-9-10-11-12-14(5)19-15(8-3)18-16(17(19)20)13(4)7-2/h13-16,18H,6-12H2,1-5H3. The van der Waals surface area contributed by atoms with Crippen molar-refractivity contribution in [2.75, 3.05) is 0 Å². The van der Waals surface area contributed by atoms with Crippen molar-refractivity contribution in [1.29, 1.82) is 0 Å². The van der Waals surface area contributed by atoms with Crippen molar-refractivity contribution in [3.8, 4) is 0 Å². The molecule has 1 heterocycles. The quantitative estimate of drug-likeness (QED) is 0.650. The first-order valence-electron chi connectivity index (χ1n) is 8.64. The first kappa shape index (κ1) is 17.5. The molecular formula is C17H34N2O. The molecule has 1 aliphatic heterocycles. The number of hydrogen-bond acceptors (Lipinski definition) is 2. The van der Waals surface area contributed by atoms with Crippen molar-refractivity contribution in [3.63, 3.8) is 0 Å². The maximum Gasteiger partial charge on any atom is 0.241 e. The van der Waals surface area contributed by atoms with Crippen LogP contribution in [-0.2, 0) is 4.79 Å². The Morgan fingerprint density at radius 2 is 1.85 bits per heavy atom. The molecule has 3 heteroatoms. The molecule has 0 bridgehead atoms. The van der Waals surface area contributed by atoms with Gasteiger partial charge in [-0.05, 0) is 25.7 Å². The topological polar surface area (TPSA) is 32.3 Å². The second-order valence-electron chi connectivity index (χ2n) is 6.40. The van der Waals surface area contributed by atoms with Crippen LogP contribution in [-0.4, -0.2) is 29.1 Å². The molecule has 4 atom stereocenters. The van der Waals surface area contributed by atoms with E-state index in [0.717, 1.165) is 19.3 Å². The van der Waals surface area contributed by atoms with Gasteiger partial charge in [0, 0.05) is 6.04 Å². The zero-order valence-corrected chi connectivity index (χ0v) is 14.1. The predicted octanol–water partition coefficient (Wildman–Crippen LogP) is 3.93. The minimum Gasteiger partial charge on any atom is -0.323 e. The summed E-state index contributed by atoms with van der Waals surface area (Å²) in [7, 11) is 0. The fourth-order valence-electron chi connectivity index (χ4n) is 3.16. The van der Waals surface area contributed by atoms with Gasteiger partial charge in [-0.15, -0.1) is 0 Å². The highest BCUT2D eigenvalue weighted by atomic mass is 16.2.